The van der Waals surface area contributed by atoms with Gasteiger partial charge in [-0.2, -0.15) is 0 Å². The van der Waals surface area contributed by atoms with Crippen LogP contribution in [0.4, 0.5) is 0 Å². The van der Waals surface area contributed by atoms with Crippen LogP contribution in [0, 0.1) is 11.8 Å². The van der Waals surface area contributed by atoms with E-state index in [0.717, 1.165) is 11.3 Å². The third kappa shape index (κ3) is 4.35. The van der Waals surface area contributed by atoms with Gasteiger partial charge in [-0.15, -0.1) is 0 Å². The number of aliphatic hydroxyl groups excluding tert-OH is 1. The molecule has 0 aromatic heterocycles. The molecule has 0 saturated carbocycles. The molecule has 0 bridgehead atoms. The third-order valence-corrected chi connectivity index (χ3v) is 1.90. The number of rotatable bonds is 4. The Morgan fingerprint density at radius 2 is 2.00 bits per heavy atom. The van der Waals surface area contributed by atoms with Crippen LogP contribution in [0.1, 0.15) is 12.5 Å². The number of hydrogen-bond acceptors (Lipinski definition) is 3. The van der Waals surface area contributed by atoms with E-state index in [4.69, 9.17) is 14.6 Å². The van der Waals surface area contributed by atoms with Gasteiger partial charge in [0.1, 0.15) is 18.5 Å². The van der Waals surface area contributed by atoms with Crippen LogP contribution in [0.2, 0.25) is 0 Å². The van der Waals surface area contributed by atoms with Gasteiger partial charge in [0.2, 0.25) is 0 Å². The van der Waals surface area contributed by atoms with Gasteiger partial charge in [0.15, 0.2) is 0 Å². The molecule has 0 saturated heterocycles. The lowest BCUT2D eigenvalue weighted by atomic mass is 10.2. The summed E-state index contributed by atoms with van der Waals surface area (Å²) in [4.78, 5) is 0. The van der Waals surface area contributed by atoms with Gasteiger partial charge >= 0.3 is 0 Å². The average molecular weight is 220 g/mol. The molecular formula is C13H16O3. The fraction of sp³-hybridized carbons (Fsp3) is 0.385. The van der Waals surface area contributed by atoms with E-state index in [2.05, 4.69) is 11.8 Å². The van der Waals surface area contributed by atoms with Gasteiger partial charge in [-0.05, 0) is 31.2 Å². The fourth-order valence-electron chi connectivity index (χ4n) is 1.26. The molecule has 0 spiro atoms. The predicted molar refractivity (Wildman–Crippen MR) is 62.4 cm³/mol. The van der Waals surface area contributed by atoms with Crippen LogP contribution < -0.4 is 4.74 Å². The zero-order valence-electron chi connectivity index (χ0n) is 9.56. The Bertz CT molecular complexity index is 359. The monoisotopic (exact) mass is 220 g/mol. The lowest BCUT2D eigenvalue weighted by molar-refractivity contribution is 0.0921. The third-order valence-electron chi connectivity index (χ3n) is 1.90. The van der Waals surface area contributed by atoms with Crippen molar-refractivity contribution >= 4 is 0 Å². The molecule has 0 aliphatic rings. The summed E-state index contributed by atoms with van der Waals surface area (Å²) in [5.74, 6) is 6.20. The quantitative estimate of drug-likeness (QED) is 0.780. The Morgan fingerprint density at radius 3 is 2.56 bits per heavy atom. The lowest BCUT2D eigenvalue weighted by Crippen LogP contribution is -2.17. The van der Waals surface area contributed by atoms with Crippen molar-refractivity contribution in [1.82, 2.24) is 0 Å². The van der Waals surface area contributed by atoms with Gasteiger partial charge in [0, 0.05) is 12.7 Å². The highest BCUT2D eigenvalue weighted by Gasteiger charge is 2.02. The first-order valence-corrected chi connectivity index (χ1v) is 5.11. The van der Waals surface area contributed by atoms with Crippen molar-refractivity contribution in [2.45, 2.75) is 13.0 Å². The molecule has 1 N–H and O–H groups in total. The second kappa shape index (κ2) is 6.89. The van der Waals surface area contributed by atoms with E-state index in [1.54, 1.807) is 7.11 Å². The second-order valence-corrected chi connectivity index (χ2v) is 3.37. The molecule has 0 heterocycles. The van der Waals surface area contributed by atoms with Gasteiger partial charge in [-0.3, -0.25) is 0 Å². The summed E-state index contributed by atoms with van der Waals surface area (Å²) in [7, 11) is 1.65. The minimum absolute atomic E-state index is 0.0272. The molecule has 1 atom stereocenters. The van der Waals surface area contributed by atoms with Crippen LogP contribution in [0.25, 0.3) is 0 Å². The smallest absolute Gasteiger partial charge is 0.119 e. The summed E-state index contributed by atoms with van der Waals surface area (Å²) in [6.45, 7) is 2.39. The van der Waals surface area contributed by atoms with Crippen LogP contribution in [-0.4, -0.2) is 31.5 Å². The molecule has 1 aromatic rings. The van der Waals surface area contributed by atoms with Gasteiger partial charge in [0.25, 0.3) is 0 Å². The molecule has 16 heavy (non-hydrogen) atoms. The molecule has 0 aliphatic carbocycles. The maximum absolute atomic E-state index is 8.55. The number of hydrogen-bond donors (Lipinski definition) is 1. The van der Waals surface area contributed by atoms with Gasteiger partial charge in [0.05, 0.1) is 6.61 Å². The standard InChI is InChI=1S/C13H16O3/c1-11(10-15-2)16-13-7-5-12(6-8-13)4-3-9-14/h5-8,11,14H,9-10H2,1-2H3. The Labute approximate surface area is 96.0 Å². The van der Waals surface area contributed by atoms with E-state index >= 15 is 0 Å². The summed E-state index contributed by atoms with van der Waals surface area (Å²) >= 11 is 0. The van der Waals surface area contributed by atoms with Crippen molar-refractivity contribution in [2.75, 3.05) is 20.3 Å². The summed E-state index contributed by atoms with van der Waals surface area (Å²) in [5, 5.41) is 8.55. The highest BCUT2D eigenvalue weighted by molar-refractivity contribution is 5.38. The number of ether oxygens (including phenoxy) is 2. The summed E-state index contributed by atoms with van der Waals surface area (Å²) < 4.78 is 10.6. The Kier molecular flexibility index (Phi) is 5.41. The van der Waals surface area contributed by atoms with Crippen molar-refractivity contribution in [2.24, 2.45) is 0 Å². The maximum atomic E-state index is 8.55. The molecule has 0 radical (unpaired) electrons. The minimum atomic E-state index is -0.122. The zero-order chi connectivity index (χ0) is 11.8. The Hall–Kier alpha value is -1.50. The maximum Gasteiger partial charge on any atom is 0.119 e. The summed E-state index contributed by atoms with van der Waals surface area (Å²) in [5.41, 5.74) is 0.862. The number of methoxy groups -OCH3 is 1. The molecular weight excluding hydrogens is 204 g/mol. The molecule has 1 unspecified atom stereocenters. The molecule has 0 aliphatic heterocycles. The van der Waals surface area contributed by atoms with Gasteiger partial charge in [-0.1, -0.05) is 11.8 Å². The minimum Gasteiger partial charge on any atom is -0.488 e. The molecule has 3 heteroatoms. The van der Waals surface area contributed by atoms with Crippen LogP contribution in [0.3, 0.4) is 0 Å². The van der Waals surface area contributed by atoms with Crippen molar-refractivity contribution < 1.29 is 14.6 Å². The van der Waals surface area contributed by atoms with Crippen LogP contribution in [0.15, 0.2) is 24.3 Å². The first kappa shape index (κ1) is 12.6. The largest absolute Gasteiger partial charge is 0.488 e. The van der Waals surface area contributed by atoms with E-state index in [0.29, 0.717) is 6.61 Å². The fourth-order valence-corrected chi connectivity index (χ4v) is 1.26. The Balaban J connectivity index is 2.57. The normalized spacial score (nSPS) is 11.4. The van der Waals surface area contributed by atoms with Crippen LogP contribution in [0.5, 0.6) is 5.75 Å². The molecule has 1 aromatic carbocycles. The molecule has 1 rings (SSSR count). The first-order valence-electron chi connectivity index (χ1n) is 5.11. The summed E-state index contributed by atoms with van der Waals surface area (Å²) in [6.07, 6.45) is 0.0272. The highest BCUT2D eigenvalue weighted by atomic mass is 16.5. The summed E-state index contributed by atoms with van der Waals surface area (Å²) in [6, 6.07) is 7.43. The van der Waals surface area contributed by atoms with E-state index < -0.39 is 0 Å². The first-order chi connectivity index (χ1) is 7.76. The van der Waals surface area contributed by atoms with E-state index in [9.17, 15) is 0 Å². The lowest BCUT2D eigenvalue weighted by Gasteiger charge is -2.13. The van der Waals surface area contributed by atoms with Crippen molar-refractivity contribution in [3.8, 4) is 17.6 Å². The van der Waals surface area contributed by atoms with E-state index in [1.165, 1.54) is 0 Å². The van der Waals surface area contributed by atoms with Gasteiger partial charge < -0.3 is 14.6 Å². The van der Waals surface area contributed by atoms with Crippen LogP contribution in [-0.2, 0) is 4.74 Å². The second-order valence-electron chi connectivity index (χ2n) is 3.37. The van der Waals surface area contributed by atoms with E-state index in [-0.39, 0.29) is 12.7 Å². The van der Waals surface area contributed by atoms with E-state index in [1.807, 2.05) is 31.2 Å². The zero-order valence-corrected chi connectivity index (χ0v) is 9.56. The molecule has 86 valence electrons. The molecule has 3 nitrogen and oxygen atoms in total. The van der Waals surface area contributed by atoms with Crippen molar-refractivity contribution in [1.29, 1.82) is 0 Å². The number of aliphatic hydroxyl groups is 1. The van der Waals surface area contributed by atoms with Crippen LogP contribution >= 0.6 is 0 Å². The predicted octanol–water partition coefficient (Wildman–Crippen LogP) is 1.44. The van der Waals surface area contributed by atoms with Crippen molar-refractivity contribution in [3.05, 3.63) is 29.8 Å². The van der Waals surface area contributed by atoms with Crippen molar-refractivity contribution in [3.63, 3.8) is 0 Å². The average Bonchev–Trinajstić information content (AvgIpc) is 2.28. The highest BCUT2D eigenvalue weighted by Crippen LogP contribution is 2.13. The molecule has 0 fully saturated rings. The Morgan fingerprint density at radius 1 is 1.31 bits per heavy atom. The topological polar surface area (TPSA) is 38.7 Å². The molecule has 0 amide bonds. The SMILES string of the molecule is COCC(C)Oc1ccc(C#CCO)cc1. The van der Waals surface area contributed by atoms with Gasteiger partial charge in [-0.25, -0.2) is 0 Å². The number of benzene rings is 1.